The molecule has 0 aliphatic carbocycles. The number of nitrogens with zero attached hydrogens (tertiary/aromatic N) is 3. The van der Waals surface area contributed by atoms with Gasteiger partial charge in [0.2, 0.25) is 0 Å². The number of carbonyl (C=O) groups excluding carboxylic acids is 2. The number of amides is 4. The number of urea groups is 2. The van der Waals surface area contributed by atoms with Crippen molar-refractivity contribution >= 4 is 12.1 Å². The van der Waals surface area contributed by atoms with E-state index in [4.69, 9.17) is 0 Å². The Bertz CT molecular complexity index is 430. The summed E-state index contributed by atoms with van der Waals surface area (Å²) in [5, 5.41) is 5.74. The Balaban J connectivity index is 1.62. The van der Waals surface area contributed by atoms with Gasteiger partial charge in [-0.1, -0.05) is 58.3 Å². The van der Waals surface area contributed by atoms with E-state index in [1.807, 2.05) is 9.80 Å². The van der Waals surface area contributed by atoms with Gasteiger partial charge in [0.25, 0.3) is 0 Å². The maximum Gasteiger partial charge on any atom is 0.317 e. The lowest BCUT2D eigenvalue weighted by atomic mass is 10.1. The number of rotatable bonds is 16. The van der Waals surface area contributed by atoms with Crippen molar-refractivity contribution in [1.29, 1.82) is 0 Å². The van der Waals surface area contributed by atoms with Crippen LogP contribution in [0.25, 0.3) is 0 Å². The Morgan fingerprint density at radius 1 is 0.714 bits per heavy atom. The molecule has 2 aliphatic heterocycles. The number of hydrogen-bond acceptors (Lipinski definition) is 3. The Morgan fingerprint density at radius 3 is 1.61 bits per heavy atom. The summed E-state index contributed by atoms with van der Waals surface area (Å²) in [5.74, 6) is 0. The second-order valence-electron chi connectivity index (χ2n) is 8.11. The molecule has 2 N–H and O–H groups in total. The zero-order valence-corrected chi connectivity index (χ0v) is 17.9. The van der Waals surface area contributed by atoms with Crippen LogP contribution in [0.2, 0.25) is 0 Å². The Hall–Kier alpha value is -1.50. The van der Waals surface area contributed by atoms with Crippen molar-refractivity contribution in [3.63, 3.8) is 0 Å². The first-order valence-electron chi connectivity index (χ1n) is 11.5. The third-order valence-corrected chi connectivity index (χ3v) is 5.84. The van der Waals surface area contributed by atoms with Gasteiger partial charge in [0.05, 0.1) is 0 Å². The van der Waals surface area contributed by atoms with E-state index in [-0.39, 0.29) is 12.1 Å². The second-order valence-corrected chi connectivity index (χ2v) is 8.11. The molecular formula is C21H41N5O2. The number of unbranched alkanes of at least 4 members (excludes halogenated alkanes) is 8. The monoisotopic (exact) mass is 395 g/mol. The van der Waals surface area contributed by atoms with Crippen molar-refractivity contribution in [1.82, 2.24) is 25.3 Å². The molecule has 4 amide bonds. The quantitative estimate of drug-likeness (QED) is 0.395. The first kappa shape index (κ1) is 22.8. The molecule has 2 saturated heterocycles. The van der Waals surface area contributed by atoms with Crippen molar-refractivity contribution in [2.45, 2.75) is 64.7 Å². The lowest BCUT2D eigenvalue weighted by Gasteiger charge is -2.26. The molecule has 0 aromatic carbocycles. The van der Waals surface area contributed by atoms with E-state index >= 15 is 0 Å². The van der Waals surface area contributed by atoms with Gasteiger partial charge in [-0.25, -0.2) is 9.59 Å². The zero-order chi connectivity index (χ0) is 20.0. The lowest BCUT2D eigenvalue weighted by Crippen LogP contribution is -2.41. The van der Waals surface area contributed by atoms with Crippen LogP contribution in [0.5, 0.6) is 0 Å². The van der Waals surface area contributed by atoms with Gasteiger partial charge in [-0.3, -0.25) is 4.90 Å². The number of hydrogen-bond donors (Lipinski definition) is 2. The van der Waals surface area contributed by atoms with Gasteiger partial charge in [0, 0.05) is 52.4 Å². The molecule has 2 rings (SSSR count). The largest absolute Gasteiger partial charge is 0.336 e. The van der Waals surface area contributed by atoms with Crippen LogP contribution in [0.4, 0.5) is 9.59 Å². The minimum atomic E-state index is 0.0574. The van der Waals surface area contributed by atoms with Gasteiger partial charge >= 0.3 is 12.1 Å². The minimum absolute atomic E-state index is 0.0574. The van der Waals surface area contributed by atoms with Gasteiger partial charge in [-0.05, 0) is 13.0 Å². The van der Waals surface area contributed by atoms with Crippen molar-refractivity contribution in [3.05, 3.63) is 0 Å². The van der Waals surface area contributed by atoms with Crippen molar-refractivity contribution < 1.29 is 9.59 Å². The molecule has 0 aromatic heterocycles. The highest BCUT2D eigenvalue weighted by Gasteiger charge is 2.22. The Labute approximate surface area is 171 Å². The molecule has 0 radical (unpaired) electrons. The first-order valence-corrected chi connectivity index (χ1v) is 11.5. The zero-order valence-electron chi connectivity index (χ0n) is 17.9. The van der Waals surface area contributed by atoms with Gasteiger partial charge in [-0.2, -0.15) is 0 Å². The maximum absolute atomic E-state index is 11.8. The molecule has 2 aliphatic rings. The van der Waals surface area contributed by atoms with E-state index in [0.29, 0.717) is 0 Å². The normalized spacial score (nSPS) is 16.9. The van der Waals surface area contributed by atoms with E-state index in [1.165, 1.54) is 57.8 Å². The fraction of sp³-hybridized carbons (Fsp3) is 0.905. The highest BCUT2D eigenvalue weighted by molar-refractivity contribution is 5.76. The van der Waals surface area contributed by atoms with Gasteiger partial charge in [-0.15, -0.1) is 0 Å². The van der Waals surface area contributed by atoms with Crippen LogP contribution in [0.1, 0.15) is 64.7 Å². The molecule has 0 saturated carbocycles. The third-order valence-electron chi connectivity index (χ3n) is 5.84. The predicted molar refractivity (Wildman–Crippen MR) is 114 cm³/mol. The lowest BCUT2D eigenvalue weighted by molar-refractivity contribution is 0.185. The van der Waals surface area contributed by atoms with E-state index in [1.54, 1.807) is 0 Å². The maximum atomic E-state index is 11.8. The van der Waals surface area contributed by atoms with Gasteiger partial charge in [0.15, 0.2) is 0 Å². The third kappa shape index (κ3) is 8.67. The highest BCUT2D eigenvalue weighted by atomic mass is 16.2. The van der Waals surface area contributed by atoms with E-state index in [0.717, 1.165) is 58.9 Å². The fourth-order valence-corrected chi connectivity index (χ4v) is 3.95. The van der Waals surface area contributed by atoms with Crippen LogP contribution >= 0.6 is 0 Å². The Morgan fingerprint density at radius 2 is 1.18 bits per heavy atom. The fourth-order valence-electron chi connectivity index (χ4n) is 3.95. The summed E-state index contributed by atoms with van der Waals surface area (Å²) in [6.07, 6.45) is 12.0. The van der Waals surface area contributed by atoms with Crippen LogP contribution in [0, 0.1) is 0 Å². The molecule has 0 spiro atoms. The average molecular weight is 396 g/mol. The predicted octanol–water partition coefficient (Wildman–Crippen LogP) is 2.87. The molecule has 0 unspecified atom stereocenters. The van der Waals surface area contributed by atoms with Crippen molar-refractivity contribution in [3.8, 4) is 0 Å². The molecule has 2 fully saturated rings. The first-order chi connectivity index (χ1) is 13.7. The van der Waals surface area contributed by atoms with E-state index in [2.05, 4.69) is 22.5 Å². The molecular weight excluding hydrogens is 354 g/mol. The summed E-state index contributed by atoms with van der Waals surface area (Å²) in [4.78, 5) is 29.7. The number of carbonyl (C=O) groups is 2. The molecule has 7 heteroatoms. The summed E-state index contributed by atoms with van der Waals surface area (Å²) in [5.41, 5.74) is 0. The summed E-state index contributed by atoms with van der Waals surface area (Å²) in [6, 6.07) is 0.115. The summed E-state index contributed by atoms with van der Waals surface area (Å²) in [6.45, 7) is 9.76. The second kappa shape index (κ2) is 13.6. The Kier molecular flexibility index (Phi) is 11.1. The number of nitrogens with one attached hydrogen (secondary N) is 2. The topological polar surface area (TPSA) is 67.9 Å². The van der Waals surface area contributed by atoms with Crippen molar-refractivity contribution in [2.24, 2.45) is 0 Å². The standard InChI is InChI=1S/C21H41N5O2/c1-2-3-4-5-6-7-8-9-10-13-24(16-18-25-14-11-22-20(25)27)17-19-26-15-12-23-21(26)28/h2-19H2,1H3,(H,22,27)(H,23,28). The van der Waals surface area contributed by atoms with Crippen LogP contribution in [-0.2, 0) is 0 Å². The van der Waals surface area contributed by atoms with Crippen LogP contribution < -0.4 is 10.6 Å². The molecule has 7 nitrogen and oxygen atoms in total. The van der Waals surface area contributed by atoms with Crippen LogP contribution in [-0.4, -0.2) is 85.7 Å². The molecule has 0 bridgehead atoms. The summed E-state index contributed by atoms with van der Waals surface area (Å²) >= 11 is 0. The minimum Gasteiger partial charge on any atom is -0.336 e. The smallest absolute Gasteiger partial charge is 0.317 e. The van der Waals surface area contributed by atoms with Gasteiger partial charge < -0.3 is 20.4 Å². The van der Waals surface area contributed by atoms with Gasteiger partial charge in [0.1, 0.15) is 0 Å². The molecule has 0 atom stereocenters. The molecule has 0 aromatic rings. The van der Waals surface area contributed by atoms with Crippen LogP contribution in [0.3, 0.4) is 0 Å². The average Bonchev–Trinajstić information content (AvgIpc) is 3.29. The summed E-state index contributed by atoms with van der Waals surface area (Å²) < 4.78 is 0. The highest BCUT2D eigenvalue weighted by Crippen LogP contribution is 2.10. The summed E-state index contributed by atoms with van der Waals surface area (Å²) in [7, 11) is 0. The SMILES string of the molecule is CCCCCCCCCCCN(CCN1CCNC1=O)CCN1CCNC1=O. The molecule has 2 heterocycles. The van der Waals surface area contributed by atoms with E-state index < -0.39 is 0 Å². The van der Waals surface area contributed by atoms with Crippen LogP contribution in [0.15, 0.2) is 0 Å². The molecule has 28 heavy (non-hydrogen) atoms. The van der Waals surface area contributed by atoms with E-state index in [9.17, 15) is 9.59 Å². The van der Waals surface area contributed by atoms with Crippen molar-refractivity contribution in [2.75, 3.05) is 58.9 Å². The molecule has 162 valence electrons.